The van der Waals surface area contributed by atoms with Gasteiger partial charge in [-0.25, -0.2) is 0 Å². The maximum atomic E-state index is 12.6. The van der Waals surface area contributed by atoms with Gasteiger partial charge in [-0.15, -0.1) is 0 Å². The lowest BCUT2D eigenvalue weighted by molar-refractivity contribution is -0.137. The smallest absolute Gasteiger partial charge is 0.416 e. The SMILES string of the molecule is CC(C=O)C[C@@H](Oc1ccc(C(F)(F)F)cc1)C1CCNC1. The van der Waals surface area contributed by atoms with Crippen molar-refractivity contribution in [3.63, 3.8) is 0 Å². The predicted molar refractivity (Wildman–Crippen MR) is 76.7 cm³/mol. The Labute approximate surface area is 127 Å². The van der Waals surface area contributed by atoms with Crippen LogP contribution in [0.1, 0.15) is 25.3 Å². The van der Waals surface area contributed by atoms with Crippen LogP contribution in [0.4, 0.5) is 13.2 Å². The fourth-order valence-corrected chi connectivity index (χ4v) is 2.65. The quantitative estimate of drug-likeness (QED) is 0.819. The Morgan fingerprint density at radius 2 is 2.05 bits per heavy atom. The van der Waals surface area contributed by atoms with Crippen LogP contribution in [0, 0.1) is 11.8 Å². The van der Waals surface area contributed by atoms with Crippen molar-refractivity contribution in [3.05, 3.63) is 29.8 Å². The number of carbonyl (C=O) groups is 1. The second-order valence-corrected chi connectivity index (χ2v) is 5.78. The van der Waals surface area contributed by atoms with Crippen molar-refractivity contribution in [2.45, 2.75) is 32.0 Å². The van der Waals surface area contributed by atoms with Gasteiger partial charge in [0.1, 0.15) is 18.1 Å². The first-order valence-electron chi connectivity index (χ1n) is 7.40. The lowest BCUT2D eigenvalue weighted by Crippen LogP contribution is -2.31. The molecule has 1 N–H and O–H groups in total. The molecule has 1 aromatic carbocycles. The summed E-state index contributed by atoms with van der Waals surface area (Å²) in [4.78, 5) is 10.9. The molecule has 22 heavy (non-hydrogen) atoms. The summed E-state index contributed by atoms with van der Waals surface area (Å²) >= 11 is 0. The zero-order chi connectivity index (χ0) is 16.2. The van der Waals surface area contributed by atoms with Crippen LogP contribution in [0.15, 0.2) is 24.3 Å². The Balaban J connectivity index is 2.07. The average molecular weight is 315 g/mol. The lowest BCUT2D eigenvalue weighted by atomic mass is 9.93. The minimum atomic E-state index is -4.35. The van der Waals surface area contributed by atoms with E-state index < -0.39 is 11.7 Å². The molecule has 1 aliphatic heterocycles. The summed E-state index contributed by atoms with van der Waals surface area (Å²) in [5.41, 5.74) is -0.694. The first-order valence-corrected chi connectivity index (χ1v) is 7.40. The Morgan fingerprint density at radius 3 is 2.55 bits per heavy atom. The first kappa shape index (κ1) is 16.8. The van der Waals surface area contributed by atoms with Crippen LogP contribution < -0.4 is 10.1 Å². The highest BCUT2D eigenvalue weighted by Gasteiger charge is 2.31. The number of nitrogens with one attached hydrogen (secondary N) is 1. The number of hydrogen-bond donors (Lipinski definition) is 1. The molecule has 1 heterocycles. The van der Waals surface area contributed by atoms with E-state index in [9.17, 15) is 18.0 Å². The van der Waals surface area contributed by atoms with Crippen molar-refractivity contribution in [1.82, 2.24) is 5.32 Å². The topological polar surface area (TPSA) is 38.3 Å². The fraction of sp³-hybridized carbons (Fsp3) is 0.562. The van der Waals surface area contributed by atoms with Gasteiger partial charge in [0.15, 0.2) is 0 Å². The number of carbonyl (C=O) groups excluding carboxylic acids is 1. The Bertz CT molecular complexity index is 481. The molecule has 1 saturated heterocycles. The van der Waals surface area contributed by atoms with Crippen molar-refractivity contribution in [2.24, 2.45) is 11.8 Å². The molecule has 0 aliphatic carbocycles. The van der Waals surface area contributed by atoms with Gasteiger partial charge in [-0.05, 0) is 43.7 Å². The largest absolute Gasteiger partial charge is 0.490 e. The third-order valence-electron chi connectivity index (χ3n) is 3.93. The molecule has 3 atom stereocenters. The predicted octanol–water partition coefficient (Wildman–Crippen LogP) is 3.29. The van der Waals surface area contributed by atoms with E-state index in [1.54, 1.807) is 0 Å². The first-order chi connectivity index (χ1) is 10.4. The van der Waals surface area contributed by atoms with E-state index in [-0.39, 0.29) is 17.9 Å². The van der Waals surface area contributed by atoms with Crippen LogP contribution in [-0.4, -0.2) is 25.5 Å². The summed E-state index contributed by atoms with van der Waals surface area (Å²) in [6, 6.07) is 4.71. The molecule has 1 aromatic rings. The van der Waals surface area contributed by atoms with E-state index in [2.05, 4.69) is 5.32 Å². The summed E-state index contributed by atoms with van der Waals surface area (Å²) in [6.07, 6.45) is -2.13. The Kier molecular flexibility index (Phi) is 5.45. The molecule has 2 unspecified atom stereocenters. The average Bonchev–Trinajstić information content (AvgIpc) is 3.00. The summed E-state index contributed by atoms with van der Waals surface area (Å²) in [5.74, 6) is 0.535. The van der Waals surface area contributed by atoms with Gasteiger partial charge in [-0.2, -0.15) is 13.2 Å². The number of halogens is 3. The molecule has 6 heteroatoms. The minimum absolute atomic E-state index is 0.139. The van der Waals surface area contributed by atoms with Gasteiger partial charge in [0.25, 0.3) is 0 Å². The second-order valence-electron chi connectivity index (χ2n) is 5.78. The number of ether oxygens (including phenoxy) is 1. The van der Waals surface area contributed by atoms with Crippen LogP contribution in [0.25, 0.3) is 0 Å². The van der Waals surface area contributed by atoms with E-state index in [1.807, 2.05) is 6.92 Å². The molecule has 0 radical (unpaired) electrons. The number of benzene rings is 1. The molecular formula is C16H20F3NO2. The van der Waals surface area contributed by atoms with E-state index in [1.165, 1.54) is 12.1 Å². The van der Waals surface area contributed by atoms with Crippen LogP contribution in [0.2, 0.25) is 0 Å². The summed E-state index contributed by atoms with van der Waals surface area (Å²) in [6.45, 7) is 3.52. The second kappa shape index (κ2) is 7.13. The molecule has 0 spiro atoms. The molecule has 0 saturated carbocycles. The van der Waals surface area contributed by atoms with Crippen LogP contribution in [0.3, 0.4) is 0 Å². The molecule has 1 aliphatic rings. The molecule has 2 rings (SSSR count). The van der Waals surface area contributed by atoms with Crippen molar-refractivity contribution in [2.75, 3.05) is 13.1 Å². The normalized spacial score (nSPS) is 21.4. The van der Waals surface area contributed by atoms with Gasteiger partial charge in [0.2, 0.25) is 0 Å². The molecule has 0 bridgehead atoms. The molecule has 3 nitrogen and oxygen atoms in total. The Morgan fingerprint density at radius 1 is 1.36 bits per heavy atom. The number of hydrogen-bond acceptors (Lipinski definition) is 3. The van der Waals surface area contributed by atoms with E-state index >= 15 is 0 Å². The van der Waals surface area contributed by atoms with Crippen molar-refractivity contribution in [3.8, 4) is 5.75 Å². The number of rotatable bonds is 6. The molecule has 0 aromatic heterocycles. The number of alkyl halides is 3. The van der Waals surface area contributed by atoms with Gasteiger partial charge < -0.3 is 14.8 Å². The van der Waals surface area contributed by atoms with E-state index in [0.717, 1.165) is 37.9 Å². The van der Waals surface area contributed by atoms with Crippen LogP contribution in [-0.2, 0) is 11.0 Å². The van der Waals surface area contributed by atoms with Crippen LogP contribution >= 0.6 is 0 Å². The van der Waals surface area contributed by atoms with Gasteiger partial charge in [-0.1, -0.05) is 6.92 Å². The monoisotopic (exact) mass is 315 g/mol. The van der Waals surface area contributed by atoms with Gasteiger partial charge in [-0.3, -0.25) is 0 Å². The highest BCUT2D eigenvalue weighted by atomic mass is 19.4. The van der Waals surface area contributed by atoms with Gasteiger partial charge in [0.05, 0.1) is 5.56 Å². The standard InChI is InChI=1S/C16H20F3NO2/c1-11(10-21)8-15(12-6-7-20-9-12)22-14-4-2-13(3-5-14)16(17,18)19/h2-5,10-12,15,20H,6-9H2,1H3/t11?,12?,15-/m1/s1. The maximum absolute atomic E-state index is 12.6. The zero-order valence-electron chi connectivity index (χ0n) is 12.4. The highest BCUT2D eigenvalue weighted by molar-refractivity contribution is 5.52. The van der Waals surface area contributed by atoms with Gasteiger partial charge in [0, 0.05) is 18.4 Å². The molecular weight excluding hydrogens is 295 g/mol. The summed E-state index contributed by atoms with van der Waals surface area (Å²) < 4.78 is 43.5. The third kappa shape index (κ3) is 4.47. The van der Waals surface area contributed by atoms with E-state index in [0.29, 0.717) is 12.2 Å². The third-order valence-corrected chi connectivity index (χ3v) is 3.93. The van der Waals surface area contributed by atoms with Crippen LogP contribution in [0.5, 0.6) is 5.75 Å². The molecule has 122 valence electrons. The number of aldehydes is 1. The zero-order valence-corrected chi connectivity index (χ0v) is 12.4. The minimum Gasteiger partial charge on any atom is -0.490 e. The van der Waals surface area contributed by atoms with Crippen molar-refractivity contribution < 1.29 is 22.7 Å². The summed E-state index contributed by atoms with van der Waals surface area (Å²) in [7, 11) is 0. The maximum Gasteiger partial charge on any atom is 0.416 e. The summed E-state index contributed by atoms with van der Waals surface area (Å²) in [5, 5.41) is 3.24. The fourth-order valence-electron chi connectivity index (χ4n) is 2.65. The van der Waals surface area contributed by atoms with Gasteiger partial charge >= 0.3 is 6.18 Å². The lowest BCUT2D eigenvalue weighted by Gasteiger charge is -2.25. The molecule has 1 fully saturated rings. The molecule has 0 amide bonds. The van der Waals surface area contributed by atoms with Crippen molar-refractivity contribution in [1.29, 1.82) is 0 Å². The van der Waals surface area contributed by atoms with E-state index in [4.69, 9.17) is 4.74 Å². The van der Waals surface area contributed by atoms with Crippen molar-refractivity contribution >= 4 is 6.29 Å². The Hall–Kier alpha value is -1.56. The highest BCUT2D eigenvalue weighted by Crippen LogP contribution is 2.31.